The third-order valence-electron chi connectivity index (χ3n) is 2.93. The monoisotopic (exact) mass is 293 g/mol. The second-order valence-corrected chi connectivity index (χ2v) is 4.69. The molecule has 0 atom stereocenters. The standard InChI is InChI=1S/C14H12ClNO4/c15-11-12(16-7-3-6-10(17)18)14(20)9-5-2-1-4-8(9)13(11)19/h1-2,4-5,16H,3,6-7H2,(H,17,18). The predicted octanol–water partition coefficient (Wildman–Crippen LogP) is 1.97. The van der Waals surface area contributed by atoms with Gasteiger partial charge in [0.1, 0.15) is 10.7 Å². The fourth-order valence-corrected chi connectivity index (χ4v) is 2.21. The van der Waals surface area contributed by atoms with Crippen LogP contribution in [0.2, 0.25) is 0 Å². The van der Waals surface area contributed by atoms with E-state index in [9.17, 15) is 14.4 Å². The Morgan fingerprint density at radius 1 is 1.15 bits per heavy atom. The highest BCUT2D eigenvalue weighted by Gasteiger charge is 2.30. The maximum atomic E-state index is 12.2. The minimum Gasteiger partial charge on any atom is -0.481 e. The molecule has 0 saturated heterocycles. The largest absolute Gasteiger partial charge is 0.481 e. The van der Waals surface area contributed by atoms with Crippen molar-refractivity contribution in [1.82, 2.24) is 5.32 Å². The molecule has 0 unspecified atom stereocenters. The first kappa shape index (κ1) is 14.3. The molecule has 104 valence electrons. The van der Waals surface area contributed by atoms with E-state index in [1.165, 1.54) is 0 Å². The highest BCUT2D eigenvalue weighted by molar-refractivity contribution is 6.49. The second-order valence-electron chi connectivity index (χ2n) is 4.32. The lowest BCUT2D eigenvalue weighted by atomic mass is 9.92. The molecule has 2 N–H and O–H groups in total. The molecule has 0 saturated carbocycles. The molecule has 0 heterocycles. The summed E-state index contributed by atoms with van der Waals surface area (Å²) in [5, 5.41) is 11.2. The zero-order valence-electron chi connectivity index (χ0n) is 10.5. The van der Waals surface area contributed by atoms with Gasteiger partial charge in [-0.15, -0.1) is 0 Å². The number of carbonyl (C=O) groups excluding carboxylic acids is 2. The minimum atomic E-state index is -0.914. The summed E-state index contributed by atoms with van der Waals surface area (Å²) in [6.45, 7) is 0.263. The lowest BCUT2D eigenvalue weighted by Crippen LogP contribution is -2.29. The van der Waals surface area contributed by atoms with E-state index < -0.39 is 11.8 Å². The molecule has 0 fully saturated rings. The van der Waals surface area contributed by atoms with Crippen LogP contribution < -0.4 is 5.32 Å². The number of ketones is 2. The maximum Gasteiger partial charge on any atom is 0.303 e. The van der Waals surface area contributed by atoms with Gasteiger partial charge in [0.15, 0.2) is 0 Å². The van der Waals surface area contributed by atoms with Gasteiger partial charge in [0.2, 0.25) is 11.6 Å². The summed E-state index contributed by atoms with van der Waals surface area (Å²) in [5.74, 6) is -1.66. The Morgan fingerprint density at radius 2 is 1.75 bits per heavy atom. The SMILES string of the molecule is O=C(O)CCCNC1=C(Cl)C(=O)c2ccccc2C1=O. The van der Waals surface area contributed by atoms with Gasteiger partial charge >= 0.3 is 5.97 Å². The molecular formula is C14H12ClNO4. The van der Waals surface area contributed by atoms with Crippen LogP contribution in [0, 0.1) is 0 Å². The van der Waals surface area contributed by atoms with Crippen LogP contribution in [0.15, 0.2) is 35.0 Å². The summed E-state index contributed by atoms with van der Waals surface area (Å²) < 4.78 is 0. The molecular weight excluding hydrogens is 282 g/mol. The molecule has 0 amide bonds. The number of hydrogen-bond acceptors (Lipinski definition) is 4. The van der Waals surface area contributed by atoms with Crippen LogP contribution in [0.4, 0.5) is 0 Å². The zero-order chi connectivity index (χ0) is 14.7. The molecule has 1 aliphatic rings. The van der Waals surface area contributed by atoms with E-state index >= 15 is 0 Å². The summed E-state index contributed by atoms with van der Waals surface area (Å²) in [6.07, 6.45) is 0.322. The van der Waals surface area contributed by atoms with Crippen LogP contribution in [-0.4, -0.2) is 29.2 Å². The summed E-state index contributed by atoms with van der Waals surface area (Å²) in [4.78, 5) is 34.7. The van der Waals surface area contributed by atoms with E-state index in [4.69, 9.17) is 16.7 Å². The van der Waals surface area contributed by atoms with Crippen LogP contribution in [0.1, 0.15) is 33.6 Å². The molecule has 0 bridgehead atoms. The fourth-order valence-electron chi connectivity index (χ4n) is 1.96. The molecule has 1 aromatic rings. The quantitative estimate of drug-likeness (QED) is 0.811. The van der Waals surface area contributed by atoms with E-state index in [-0.39, 0.29) is 29.5 Å². The van der Waals surface area contributed by atoms with E-state index in [0.717, 1.165) is 0 Å². The van der Waals surface area contributed by atoms with Crippen LogP contribution in [-0.2, 0) is 4.79 Å². The first-order chi connectivity index (χ1) is 9.52. The van der Waals surface area contributed by atoms with Crippen molar-refractivity contribution in [2.24, 2.45) is 0 Å². The van der Waals surface area contributed by atoms with Gasteiger partial charge in [-0.3, -0.25) is 14.4 Å². The minimum absolute atomic E-state index is 0.0172. The molecule has 0 radical (unpaired) electrons. The number of Topliss-reactive ketones (excluding diaryl/α,β-unsaturated/α-hetero) is 2. The number of halogens is 1. The van der Waals surface area contributed by atoms with Gasteiger partial charge in [0, 0.05) is 24.1 Å². The Labute approximate surface area is 120 Å². The predicted molar refractivity (Wildman–Crippen MR) is 72.9 cm³/mol. The van der Waals surface area contributed by atoms with Crippen LogP contribution >= 0.6 is 11.6 Å². The van der Waals surface area contributed by atoms with Crippen molar-refractivity contribution < 1.29 is 19.5 Å². The highest BCUT2D eigenvalue weighted by Crippen LogP contribution is 2.27. The Morgan fingerprint density at radius 3 is 2.35 bits per heavy atom. The number of carboxylic acid groups (broad SMARTS) is 1. The molecule has 2 rings (SSSR count). The van der Waals surface area contributed by atoms with Crippen LogP contribution in [0.3, 0.4) is 0 Å². The number of benzene rings is 1. The van der Waals surface area contributed by atoms with E-state index in [1.54, 1.807) is 24.3 Å². The average molecular weight is 294 g/mol. The second kappa shape index (κ2) is 5.88. The lowest BCUT2D eigenvalue weighted by molar-refractivity contribution is -0.137. The third kappa shape index (κ3) is 2.72. The van der Waals surface area contributed by atoms with Gasteiger partial charge in [0.25, 0.3) is 0 Å². The maximum absolute atomic E-state index is 12.2. The number of fused-ring (bicyclic) bond motifs is 1. The topological polar surface area (TPSA) is 83.5 Å². The Hall–Kier alpha value is -2.14. The Balaban J connectivity index is 2.17. The van der Waals surface area contributed by atoms with E-state index in [1.807, 2.05) is 0 Å². The normalized spacial score (nSPS) is 14.2. The number of carboxylic acids is 1. The van der Waals surface area contributed by atoms with Gasteiger partial charge in [-0.25, -0.2) is 0 Å². The van der Waals surface area contributed by atoms with Crippen molar-refractivity contribution in [2.45, 2.75) is 12.8 Å². The van der Waals surface area contributed by atoms with Crippen molar-refractivity contribution in [2.75, 3.05) is 6.54 Å². The number of carbonyl (C=O) groups is 3. The molecule has 0 aromatic heterocycles. The van der Waals surface area contributed by atoms with Crippen molar-refractivity contribution >= 4 is 29.1 Å². The first-order valence-electron chi connectivity index (χ1n) is 6.06. The van der Waals surface area contributed by atoms with Crippen molar-refractivity contribution in [3.05, 3.63) is 46.1 Å². The Kier molecular flexibility index (Phi) is 4.20. The van der Waals surface area contributed by atoms with Gasteiger partial charge in [-0.1, -0.05) is 35.9 Å². The molecule has 6 heteroatoms. The van der Waals surface area contributed by atoms with Crippen LogP contribution in [0.25, 0.3) is 0 Å². The van der Waals surface area contributed by atoms with Crippen molar-refractivity contribution in [3.63, 3.8) is 0 Å². The van der Waals surface area contributed by atoms with Crippen molar-refractivity contribution in [3.8, 4) is 0 Å². The number of allylic oxidation sites excluding steroid dienone is 2. The van der Waals surface area contributed by atoms with Gasteiger partial charge in [0.05, 0.1) is 0 Å². The van der Waals surface area contributed by atoms with E-state index in [0.29, 0.717) is 17.5 Å². The first-order valence-corrected chi connectivity index (χ1v) is 6.44. The summed E-state index contributed by atoms with van der Waals surface area (Å²) in [5.41, 5.74) is 0.641. The molecule has 20 heavy (non-hydrogen) atoms. The molecule has 5 nitrogen and oxygen atoms in total. The van der Waals surface area contributed by atoms with Gasteiger partial charge < -0.3 is 10.4 Å². The van der Waals surface area contributed by atoms with Gasteiger partial charge in [-0.2, -0.15) is 0 Å². The van der Waals surface area contributed by atoms with E-state index in [2.05, 4.69) is 5.32 Å². The molecule has 0 spiro atoms. The number of hydrogen-bond donors (Lipinski definition) is 2. The third-order valence-corrected chi connectivity index (χ3v) is 3.29. The van der Waals surface area contributed by atoms with Crippen molar-refractivity contribution in [1.29, 1.82) is 0 Å². The lowest BCUT2D eigenvalue weighted by Gasteiger charge is -2.18. The fraction of sp³-hybridized carbons (Fsp3) is 0.214. The van der Waals surface area contributed by atoms with Gasteiger partial charge in [-0.05, 0) is 6.42 Å². The summed E-state index contributed by atoms with van der Waals surface area (Å²) >= 11 is 5.93. The smallest absolute Gasteiger partial charge is 0.303 e. The summed E-state index contributed by atoms with van der Waals surface area (Å²) in [6, 6.07) is 6.46. The highest BCUT2D eigenvalue weighted by atomic mass is 35.5. The average Bonchev–Trinajstić information content (AvgIpc) is 2.44. The zero-order valence-corrected chi connectivity index (χ0v) is 11.2. The number of rotatable bonds is 5. The Bertz CT molecular complexity index is 621. The molecule has 1 aliphatic carbocycles. The number of nitrogens with one attached hydrogen (secondary N) is 1. The summed E-state index contributed by atoms with van der Waals surface area (Å²) in [7, 11) is 0. The number of aliphatic carboxylic acids is 1. The molecule has 0 aliphatic heterocycles. The van der Waals surface area contributed by atoms with Crippen LogP contribution in [0.5, 0.6) is 0 Å². The molecule has 1 aromatic carbocycles.